The molecule has 2 aromatic rings. The van der Waals surface area contributed by atoms with E-state index in [1.54, 1.807) is 6.07 Å². The van der Waals surface area contributed by atoms with Crippen LogP contribution in [0.15, 0.2) is 42.5 Å². The van der Waals surface area contributed by atoms with Crippen LogP contribution < -0.4 is 5.32 Å². The lowest BCUT2D eigenvalue weighted by Crippen LogP contribution is -2.23. The molecular formula is C15H15NO4S. The molecular weight excluding hydrogens is 290 g/mol. The number of benzene rings is 2. The zero-order valence-electron chi connectivity index (χ0n) is 11.3. The van der Waals surface area contributed by atoms with E-state index >= 15 is 0 Å². The van der Waals surface area contributed by atoms with Gasteiger partial charge in [0, 0.05) is 5.39 Å². The molecule has 0 bridgehead atoms. The van der Waals surface area contributed by atoms with Crippen LogP contribution >= 0.6 is 0 Å². The number of amides is 1. The van der Waals surface area contributed by atoms with Gasteiger partial charge in [-0.15, -0.1) is 0 Å². The minimum absolute atomic E-state index is 0.0826. The Balaban J connectivity index is 1.72. The van der Waals surface area contributed by atoms with Crippen LogP contribution in [-0.2, 0) is 14.6 Å². The molecule has 5 nitrogen and oxygen atoms in total. The van der Waals surface area contributed by atoms with Crippen molar-refractivity contribution in [1.29, 1.82) is 0 Å². The van der Waals surface area contributed by atoms with Crippen molar-refractivity contribution in [3.63, 3.8) is 0 Å². The fourth-order valence-corrected chi connectivity index (χ4v) is 4.07. The average Bonchev–Trinajstić information content (AvgIpc) is 2.78. The first kappa shape index (κ1) is 13.9. The number of carbonyl (C=O) groups excluding carboxylic acids is 1. The number of hydrogen-bond donors (Lipinski definition) is 1. The molecule has 1 heterocycles. The molecule has 110 valence electrons. The van der Waals surface area contributed by atoms with Crippen molar-refractivity contribution in [2.24, 2.45) is 0 Å². The fourth-order valence-electron chi connectivity index (χ4n) is 2.48. The molecule has 0 unspecified atom stereocenters. The first-order valence-corrected chi connectivity index (χ1v) is 8.51. The Morgan fingerprint density at radius 1 is 1.14 bits per heavy atom. The normalized spacial score (nSPS) is 20.3. The Hall–Kier alpha value is -2.08. The molecule has 0 saturated carbocycles. The van der Waals surface area contributed by atoms with Crippen molar-refractivity contribution in [2.75, 3.05) is 16.8 Å². The van der Waals surface area contributed by atoms with Crippen molar-refractivity contribution < 1.29 is 17.9 Å². The molecule has 1 N–H and O–H groups in total. The molecule has 1 fully saturated rings. The van der Waals surface area contributed by atoms with E-state index in [9.17, 15) is 13.2 Å². The summed E-state index contributed by atoms with van der Waals surface area (Å²) in [5.41, 5.74) is 0.652. The van der Waals surface area contributed by atoms with Gasteiger partial charge in [-0.05, 0) is 17.9 Å². The summed E-state index contributed by atoms with van der Waals surface area (Å²) in [5, 5.41) is 4.61. The molecule has 1 saturated heterocycles. The largest absolute Gasteiger partial charge is 0.445 e. The number of carbonyl (C=O) groups is 1. The van der Waals surface area contributed by atoms with Crippen molar-refractivity contribution in [1.82, 2.24) is 0 Å². The van der Waals surface area contributed by atoms with Crippen LogP contribution in [0.25, 0.3) is 10.8 Å². The number of nitrogens with one attached hydrogen (secondary N) is 1. The van der Waals surface area contributed by atoms with Crippen LogP contribution in [-0.4, -0.2) is 32.1 Å². The van der Waals surface area contributed by atoms with Crippen molar-refractivity contribution in [2.45, 2.75) is 12.5 Å². The van der Waals surface area contributed by atoms with Gasteiger partial charge >= 0.3 is 6.09 Å². The van der Waals surface area contributed by atoms with Crippen LogP contribution in [0.4, 0.5) is 10.5 Å². The summed E-state index contributed by atoms with van der Waals surface area (Å²) in [6.45, 7) is 0. The molecule has 1 aliphatic heterocycles. The lowest BCUT2D eigenvalue weighted by atomic mass is 10.1. The first-order chi connectivity index (χ1) is 10.0. The van der Waals surface area contributed by atoms with Gasteiger partial charge in [-0.3, -0.25) is 5.32 Å². The van der Waals surface area contributed by atoms with Crippen molar-refractivity contribution >= 4 is 32.4 Å². The highest BCUT2D eigenvalue weighted by molar-refractivity contribution is 7.91. The van der Waals surface area contributed by atoms with E-state index in [1.807, 2.05) is 36.4 Å². The van der Waals surface area contributed by atoms with Crippen LogP contribution in [0.2, 0.25) is 0 Å². The first-order valence-electron chi connectivity index (χ1n) is 6.69. The lowest BCUT2D eigenvalue weighted by molar-refractivity contribution is 0.124. The van der Waals surface area contributed by atoms with E-state index in [1.165, 1.54) is 0 Å². The highest BCUT2D eigenvalue weighted by Gasteiger charge is 2.30. The van der Waals surface area contributed by atoms with E-state index in [-0.39, 0.29) is 11.5 Å². The number of anilines is 1. The summed E-state index contributed by atoms with van der Waals surface area (Å²) in [4.78, 5) is 11.9. The Morgan fingerprint density at radius 2 is 1.90 bits per heavy atom. The van der Waals surface area contributed by atoms with Crippen LogP contribution in [0.3, 0.4) is 0 Å². The van der Waals surface area contributed by atoms with E-state index < -0.39 is 22.0 Å². The van der Waals surface area contributed by atoms with Gasteiger partial charge in [-0.25, -0.2) is 13.2 Å². The second kappa shape index (κ2) is 5.37. The molecule has 0 radical (unpaired) electrons. The maximum Gasteiger partial charge on any atom is 0.411 e. The highest BCUT2D eigenvalue weighted by Crippen LogP contribution is 2.23. The molecule has 0 aliphatic carbocycles. The third kappa shape index (κ3) is 3.16. The summed E-state index contributed by atoms with van der Waals surface area (Å²) < 4.78 is 27.9. The molecule has 6 heteroatoms. The lowest BCUT2D eigenvalue weighted by Gasteiger charge is -2.12. The van der Waals surface area contributed by atoms with Gasteiger partial charge in [0.05, 0.1) is 17.2 Å². The Morgan fingerprint density at radius 3 is 2.67 bits per heavy atom. The molecule has 0 spiro atoms. The summed E-state index contributed by atoms with van der Waals surface area (Å²) >= 11 is 0. The minimum atomic E-state index is -3.05. The standard InChI is InChI=1S/C15H15NO4S/c17-15(20-12-8-9-21(18,19)10-12)16-14-7-3-5-11-4-1-2-6-13(11)14/h1-7,12H,8-10H2,(H,16,17)/t12-/m1/s1. The van der Waals surface area contributed by atoms with Gasteiger partial charge in [0.25, 0.3) is 0 Å². The predicted octanol–water partition coefficient (Wildman–Crippen LogP) is 2.58. The van der Waals surface area contributed by atoms with Crippen LogP contribution in [0.1, 0.15) is 6.42 Å². The number of fused-ring (bicyclic) bond motifs is 1. The second-order valence-corrected chi connectivity index (χ2v) is 7.31. The molecule has 21 heavy (non-hydrogen) atoms. The van der Waals surface area contributed by atoms with Crippen LogP contribution in [0, 0.1) is 0 Å². The van der Waals surface area contributed by atoms with Gasteiger partial charge in [-0.2, -0.15) is 0 Å². The average molecular weight is 305 g/mol. The van der Waals surface area contributed by atoms with Gasteiger partial charge < -0.3 is 4.74 Å². The van der Waals surface area contributed by atoms with Gasteiger partial charge in [0.15, 0.2) is 9.84 Å². The monoisotopic (exact) mass is 305 g/mol. The summed E-state index contributed by atoms with van der Waals surface area (Å²) in [5.74, 6) is -0.00479. The Kier molecular flexibility index (Phi) is 3.55. The van der Waals surface area contributed by atoms with E-state index in [4.69, 9.17) is 4.74 Å². The maximum atomic E-state index is 11.9. The van der Waals surface area contributed by atoms with Crippen molar-refractivity contribution in [3.8, 4) is 0 Å². The molecule has 0 aromatic heterocycles. The van der Waals surface area contributed by atoms with Gasteiger partial charge in [0.1, 0.15) is 6.10 Å². The zero-order valence-corrected chi connectivity index (χ0v) is 12.1. The minimum Gasteiger partial charge on any atom is -0.445 e. The third-order valence-corrected chi connectivity index (χ3v) is 5.23. The van der Waals surface area contributed by atoms with E-state index in [0.29, 0.717) is 12.1 Å². The highest BCUT2D eigenvalue weighted by atomic mass is 32.2. The van der Waals surface area contributed by atoms with E-state index in [0.717, 1.165) is 10.8 Å². The van der Waals surface area contributed by atoms with Gasteiger partial charge in [0.2, 0.25) is 0 Å². The van der Waals surface area contributed by atoms with Crippen molar-refractivity contribution in [3.05, 3.63) is 42.5 Å². The topological polar surface area (TPSA) is 72.5 Å². The summed E-state index contributed by atoms with van der Waals surface area (Å²) in [7, 11) is -3.05. The maximum absolute atomic E-state index is 11.9. The van der Waals surface area contributed by atoms with E-state index in [2.05, 4.69) is 5.32 Å². The molecule has 2 aromatic carbocycles. The number of hydrogen-bond acceptors (Lipinski definition) is 4. The number of sulfone groups is 1. The SMILES string of the molecule is O=C(Nc1cccc2ccccc12)O[C@@H]1CCS(=O)(=O)C1. The summed E-state index contributed by atoms with van der Waals surface area (Å²) in [6, 6.07) is 13.3. The second-order valence-electron chi connectivity index (χ2n) is 5.08. The van der Waals surface area contributed by atoms with Gasteiger partial charge in [-0.1, -0.05) is 36.4 Å². The Bertz CT molecular complexity index is 780. The zero-order chi connectivity index (χ0) is 14.9. The number of rotatable bonds is 2. The molecule has 3 rings (SSSR count). The van der Waals surface area contributed by atoms with Crippen LogP contribution in [0.5, 0.6) is 0 Å². The smallest absolute Gasteiger partial charge is 0.411 e. The molecule has 1 atom stereocenters. The third-order valence-electron chi connectivity index (χ3n) is 3.49. The molecule has 1 amide bonds. The molecule has 1 aliphatic rings. The quantitative estimate of drug-likeness (QED) is 0.925. The fraction of sp³-hybridized carbons (Fsp3) is 0.267. The number of ether oxygens (including phenoxy) is 1. The summed E-state index contributed by atoms with van der Waals surface area (Å²) in [6.07, 6.45) is -0.802. The Labute approximate surface area is 122 Å². The predicted molar refractivity (Wildman–Crippen MR) is 81.1 cm³/mol.